The molecule has 1 aromatic heterocycles. The number of carboxylic acid groups (broad SMARTS) is 2. The van der Waals surface area contributed by atoms with E-state index in [1.54, 1.807) is 31.2 Å². The minimum Gasteiger partial charge on any atom is -0.486 e. The normalized spacial score (nSPS) is 12.5. The van der Waals surface area contributed by atoms with Crippen LogP contribution in [0.2, 0.25) is 0 Å². The molecule has 0 saturated heterocycles. The van der Waals surface area contributed by atoms with Crippen LogP contribution in [0.1, 0.15) is 36.2 Å². The molecular weight excluding hydrogens is 533 g/mol. The molecule has 0 aliphatic heterocycles. The fraction of sp³-hybridized carbons (Fsp3) is 0.280. The smallest absolute Gasteiger partial charge is 0.486 e. The number of nitrogens with zero attached hydrogens (tertiary/aromatic N) is 1. The number of aliphatic carboxylic acids is 1. The molecule has 0 aliphatic rings. The van der Waals surface area contributed by atoms with Gasteiger partial charge in [-0.1, -0.05) is 25.1 Å². The van der Waals surface area contributed by atoms with Gasteiger partial charge in [0.25, 0.3) is 5.91 Å². The van der Waals surface area contributed by atoms with Crippen molar-refractivity contribution in [1.29, 1.82) is 0 Å². The lowest BCUT2D eigenvalue weighted by molar-refractivity contribution is -0.192. The Labute approximate surface area is 218 Å². The minimum absolute atomic E-state index is 0.101. The Kier molecular flexibility index (Phi) is 10.1. The first-order chi connectivity index (χ1) is 18.2. The first-order valence-corrected chi connectivity index (χ1v) is 11.2. The molecule has 0 fully saturated rings. The van der Waals surface area contributed by atoms with E-state index in [0.29, 0.717) is 23.1 Å². The van der Waals surface area contributed by atoms with Gasteiger partial charge in [0.05, 0.1) is 16.7 Å². The molecule has 4 N–H and O–H groups in total. The summed E-state index contributed by atoms with van der Waals surface area (Å²) in [6, 6.07) is 10.2. The Morgan fingerprint density at radius 1 is 1.03 bits per heavy atom. The second-order valence-corrected chi connectivity index (χ2v) is 8.37. The van der Waals surface area contributed by atoms with Crippen molar-refractivity contribution in [3.05, 3.63) is 71.4 Å². The van der Waals surface area contributed by atoms with Gasteiger partial charge in [0.15, 0.2) is 0 Å². The Morgan fingerprint density at radius 3 is 2.15 bits per heavy atom. The highest BCUT2D eigenvalue weighted by atomic mass is 19.4. The number of nitrogens with one attached hydrogen (secondary N) is 2. The molecule has 2 aromatic carbocycles. The number of hydrogen-bond donors (Lipinski definition) is 4. The van der Waals surface area contributed by atoms with E-state index >= 15 is 0 Å². The number of amides is 2. The number of carboxylic acids is 1. The molecule has 3 aromatic rings. The molecule has 0 spiro atoms. The molecule has 1 atom stereocenters. The molecule has 9 nitrogen and oxygen atoms in total. The number of ether oxygens (including phenoxy) is 1. The molecule has 0 saturated carbocycles. The van der Waals surface area contributed by atoms with E-state index in [0.717, 1.165) is 12.1 Å². The topological polar surface area (TPSA) is 138 Å². The fourth-order valence-electron chi connectivity index (χ4n) is 3.09. The lowest BCUT2D eigenvalue weighted by Gasteiger charge is -2.28. The second-order valence-electron chi connectivity index (χ2n) is 8.37. The number of benzene rings is 2. The number of pyridine rings is 1. The van der Waals surface area contributed by atoms with Gasteiger partial charge in [-0.2, -0.15) is 13.2 Å². The van der Waals surface area contributed by atoms with E-state index in [4.69, 9.17) is 19.7 Å². The van der Waals surface area contributed by atoms with Gasteiger partial charge in [-0.15, -0.1) is 0 Å². The number of para-hydroxylation sites is 1. The van der Waals surface area contributed by atoms with Crippen molar-refractivity contribution in [3.63, 3.8) is 0 Å². The summed E-state index contributed by atoms with van der Waals surface area (Å²) in [6.07, 6.45) is -4.40. The van der Waals surface area contributed by atoms with Crippen LogP contribution >= 0.6 is 0 Å². The van der Waals surface area contributed by atoms with Crippen molar-refractivity contribution < 1.29 is 51.3 Å². The number of hydrogen-bond acceptors (Lipinski definition) is 5. The summed E-state index contributed by atoms with van der Waals surface area (Å²) < 4.78 is 65.0. The van der Waals surface area contributed by atoms with Gasteiger partial charge in [0.1, 0.15) is 29.5 Å². The van der Waals surface area contributed by atoms with Crippen LogP contribution < -0.4 is 15.4 Å². The summed E-state index contributed by atoms with van der Waals surface area (Å²) in [6.45, 7) is 3.30. The van der Waals surface area contributed by atoms with Gasteiger partial charge in [-0.05, 0) is 37.6 Å². The number of alkyl halides is 3. The quantitative estimate of drug-likeness (QED) is 0.289. The van der Waals surface area contributed by atoms with E-state index in [-0.39, 0.29) is 24.3 Å². The van der Waals surface area contributed by atoms with Crippen molar-refractivity contribution in [2.24, 2.45) is 0 Å². The van der Waals surface area contributed by atoms with E-state index in [1.165, 1.54) is 12.3 Å². The van der Waals surface area contributed by atoms with Crippen LogP contribution in [0, 0.1) is 11.6 Å². The summed E-state index contributed by atoms with van der Waals surface area (Å²) in [7, 11) is 0. The predicted molar refractivity (Wildman–Crippen MR) is 128 cm³/mol. The summed E-state index contributed by atoms with van der Waals surface area (Å²) >= 11 is 0. The highest BCUT2D eigenvalue weighted by molar-refractivity contribution is 5.98. The van der Waals surface area contributed by atoms with Crippen LogP contribution in [0.15, 0.2) is 48.7 Å². The first kappa shape index (κ1) is 30.7. The lowest BCUT2D eigenvalue weighted by Crippen LogP contribution is -2.52. The van der Waals surface area contributed by atoms with Gasteiger partial charge in [-0.25, -0.2) is 18.4 Å². The third kappa shape index (κ3) is 8.79. The fourth-order valence-corrected chi connectivity index (χ4v) is 3.09. The maximum atomic E-state index is 13.8. The number of rotatable bonds is 8. The maximum absolute atomic E-state index is 13.8. The number of carbonyl (C=O) groups excluding carboxylic acids is 1. The van der Waals surface area contributed by atoms with E-state index < -0.39 is 41.3 Å². The van der Waals surface area contributed by atoms with Crippen LogP contribution in [-0.2, 0) is 11.4 Å². The average molecular weight is 557 g/mol. The molecule has 1 heterocycles. The third-order valence-corrected chi connectivity index (χ3v) is 5.44. The Morgan fingerprint density at radius 2 is 1.62 bits per heavy atom. The molecule has 3 rings (SSSR count). The highest BCUT2D eigenvalue weighted by Crippen LogP contribution is 2.26. The number of aromatic nitrogens is 1. The number of carbonyl (C=O) groups is 3. The maximum Gasteiger partial charge on any atom is 0.490 e. The van der Waals surface area contributed by atoms with Crippen molar-refractivity contribution >= 4 is 28.9 Å². The average Bonchev–Trinajstić information content (AvgIpc) is 2.86. The number of halogens is 5. The Bertz CT molecular complexity index is 1330. The van der Waals surface area contributed by atoms with Crippen molar-refractivity contribution in [2.45, 2.75) is 38.6 Å². The summed E-state index contributed by atoms with van der Waals surface area (Å²) in [5, 5.41) is 21.8. The molecule has 0 bridgehead atoms. The Balaban J connectivity index is 0.000000673. The zero-order valence-corrected chi connectivity index (χ0v) is 20.6. The van der Waals surface area contributed by atoms with Crippen molar-refractivity contribution in [3.8, 4) is 5.75 Å². The molecule has 0 radical (unpaired) electrons. The van der Waals surface area contributed by atoms with Gasteiger partial charge in [0, 0.05) is 18.1 Å². The Hall–Kier alpha value is -4.49. The zero-order chi connectivity index (χ0) is 29.4. The summed E-state index contributed by atoms with van der Waals surface area (Å²) in [4.78, 5) is 36.7. The zero-order valence-electron chi connectivity index (χ0n) is 20.6. The lowest BCUT2D eigenvalue weighted by atomic mass is 9.99. The van der Waals surface area contributed by atoms with Gasteiger partial charge in [0.2, 0.25) is 0 Å². The molecule has 0 unspecified atom stereocenters. The monoisotopic (exact) mass is 557 g/mol. The molecule has 0 aliphatic carbocycles. The van der Waals surface area contributed by atoms with E-state index in [9.17, 15) is 31.5 Å². The standard InChI is InChI=1S/C23H23F2N3O4.C2HF3O2/c1-3-23(2,28-22(30)31)13-27-21(29)15-10-14-6-4-9-19(20(14)26-11-15)32-12-16-17(24)7-5-8-18(16)25;3-2(4,5)1(6)7/h4-11,28H,3,12-13H2,1-2H3,(H,27,29)(H,30,31);(H,6,7)/t23-;/m0./s1. The van der Waals surface area contributed by atoms with Crippen molar-refractivity contribution in [2.75, 3.05) is 6.54 Å². The van der Waals surface area contributed by atoms with Crippen LogP contribution in [0.25, 0.3) is 10.9 Å². The highest BCUT2D eigenvalue weighted by Gasteiger charge is 2.38. The van der Waals surface area contributed by atoms with Crippen LogP contribution in [0.4, 0.5) is 26.7 Å². The first-order valence-electron chi connectivity index (χ1n) is 11.2. The largest absolute Gasteiger partial charge is 0.490 e. The summed E-state index contributed by atoms with van der Waals surface area (Å²) in [5.41, 5.74) is -0.279. The van der Waals surface area contributed by atoms with Crippen LogP contribution in [-0.4, -0.2) is 51.4 Å². The second kappa shape index (κ2) is 12.8. The van der Waals surface area contributed by atoms with Gasteiger partial charge in [-0.3, -0.25) is 9.78 Å². The van der Waals surface area contributed by atoms with Gasteiger partial charge < -0.3 is 25.6 Å². The van der Waals surface area contributed by atoms with Crippen LogP contribution in [0.5, 0.6) is 5.75 Å². The van der Waals surface area contributed by atoms with Crippen LogP contribution in [0.3, 0.4) is 0 Å². The molecule has 14 heteroatoms. The van der Waals surface area contributed by atoms with E-state index in [2.05, 4.69) is 15.6 Å². The summed E-state index contributed by atoms with van der Waals surface area (Å²) in [5.74, 6) is -4.25. The van der Waals surface area contributed by atoms with E-state index in [1.807, 2.05) is 6.92 Å². The molecule has 210 valence electrons. The predicted octanol–water partition coefficient (Wildman–Crippen LogP) is 4.89. The SMILES string of the molecule is CC[C@@](C)(CNC(=O)c1cnc2c(OCc3c(F)cccc3F)cccc2c1)NC(=O)O.O=C(O)C(F)(F)F. The minimum atomic E-state index is -5.08. The third-order valence-electron chi connectivity index (χ3n) is 5.44. The molecule has 2 amide bonds. The molecule has 39 heavy (non-hydrogen) atoms. The molecular formula is C25H24F5N3O6. The van der Waals surface area contributed by atoms with Gasteiger partial charge >= 0.3 is 18.2 Å². The number of fused-ring (bicyclic) bond motifs is 1. The van der Waals surface area contributed by atoms with Crippen molar-refractivity contribution in [1.82, 2.24) is 15.6 Å².